The first-order valence-corrected chi connectivity index (χ1v) is 12.3. The minimum absolute atomic E-state index is 0.0488. The van der Waals surface area contributed by atoms with Crippen molar-refractivity contribution in [3.05, 3.63) is 102 Å². The molecule has 0 unspecified atom stereocenters. The molecule has 0 aliphatic carbocycles. The van der Waals surface area contributed by atoms with Crippen molar-refractivity contribution in [3.8, 4) is 5.75 Å². The number of unbranched alkanes of at least 4 members (excludes halogenated alkanes) is 2. The van der Waals surface area contributed by atoms with Crippen LogP contribution in [0.5, 0.6) is 5.75 Å². The average Bonchev–Trinajstić information content (AvgIpc) is 2.87. The molecule has 0 amide bonds. The van der Waals surface area contributed by atoms with Gasteiger partial charge in [0, 0.05) is 30.0 Å². The van der Waals surface area contributed by atoms with Crippen molar-refractivity contribution in [2.75, 3.05) is 14.2 Å². The molecule has 0 saturated carbocycles. The van der Waals surface area contributed by atoms with Gasteiger partial charge < -0.3 is 9.84 Å². The van der Waals surface area contributed by atoms with E-state index in [9.17, 15) is 5.11 Å². The van der Waals surface area contributed by atoms with Gasteiger partial charge in [0.1, 0.15) is 5.75 Å². The van der Waals surface area contributed by atoms with Crippen LogP contribution in [0.15, 0.2) is 84.9 Å². The summed E-state index contributed by atoms with van der Waals surface area (Å²) in [5, 5.41) is 12.7. The number of aliphatic hydroxyl groups is 1. The molecule has 3 aromatic rings. The van der Waals surface area contributed by atoms with E-state index < -0.39 is 5.60 Å². The number of benzene rings is 3. The fourth-order valence-electron chi connectivity index (χ4n) is 5.80. The molecule has 3 heteroatoms. The molecule has 174 valence electrons. The van der Waals surface area contributed by atoms with E-state index in [-0.39, 0.29) is 18.0 Å². The number of hydrogen-bond donors (Lipinski definition) is 1. The minimum Gasteiger partial charge on any atom is -0.496 e. The third-order valence-electron chi connectivity index (χ3n) is 7.45. The zero-order valence-corrected chi connectivity index (χ0v) is 20.2. The second-order valence-corrected chi connectivity index (χ2v) is 9.38. The van der Waals surface area contributed by atoms with Gasteiger partial charge in [-0.25, -0.2) is 0 Å². The van der Waals surface area contributed by atoms with E-state index in [2.05, 4.69) is 85.6 Å². The maximum Gasteiger partial charge on any atom is 0.124 e. The van der Waals surface area contributed by atoms with Crippen molar-refractivity contribution in [2.45, 2.75) is 56.7 Å². The van der Waals surface area contributed by atoms with E-state index in [0.717, 1.165) is 30.6 Å². The highest BCUT2D eigenvalue weighted by Gasteiger charge is 2.52. The molecule has 4 atom stereocenters. The molecular weight excluding hydrogens is 406 g/mol. The molecule has 1 fully saturated rings. The third kappa shape index (κ3) is 4.71. The van der Waals surface area contributed by atoms with Gasteiger partial charge in [-0.2, -0.15) is 0 Å². The summed E-state index contributed by atoms with van der Waals surface area (Å²) < 4.78 is 5.77. The van der Waals surface area contributed by atoms with Crippen LogP contribution in [0.3, 0.4) is 0 Å². The fraction of sp³-hybridized carbons (Fsp3) is 0.400. The lowest BCUT2D eigenvalue weighted by Gasteiger charge is -2.54. The standard InChI is InChI=1S/C30H37NO2/c1-4-5-8-20-26-29(24-17-11-7-12-18-24)31(2)27(23-15-9-6-10-16-23)22-30(26,32)25-19-13-14-21-28(25)33-3/h6-7,9-19,21,26-27,29,32H,4-5,8,20,22H2,1-3H3/t26-,27-,29-,30+/m0/s1. The van der Waals surface area contributed by atoms with Crippen molar-refractivity contribution < 1.29 is 9.84 Å². The molecular formula is C30H37NO2. The van der Waals surface area contributed by atoms with Crippen LogP contribution in [0.2, 0.25) is 0 Å². The van der Waals surface area contributed by atoms with Gasteiger partial charge in [-0.1, -0.05) is 105 Å². The number of piperidine rings is 1. The number of rotatable bonds is 8. The summed E-state index contributed by atoms with van der Waals surface area (Å²) in [7, 11) is 3.93. The highest BCUT2D eigenvalue weighted by Crippen LogP contribution is 2.56. The molecule has 1 heterocycles. The van der Waals surface area contributed by atoms with Crippen LogP contribution < -0.4 is 4.74 Å². The SMILES string of the molecule is CCCCC[C@H]1[C@H](c2ccccc2)N(C)[C@H](c2ccccc2)C[C@@]1(O)c1ccccc1OC. The van der Waals surface area contributed by atoms with Crippen molar-refractivity contribution in [1.82, 2.24) is 4.90 Å². The summed E-state index contributed by atoms with van der Waals surface area (Å²) in [6, 6.07) is 29.5. The van der Waals surface area contributed by atoms with Gasteiger partial charge in [0.2, 0.25) is 0 Å². The highest BCUT2D eigenvalue weighted by molar-refractivity contribution is 5.41. The Morgan fingerprint density at radius 1 is 0.879 bits per heavy atom. The maximum atomic E-state index is 12.7. The van der Waals surface area contributed by atoms with Gasteiger partial charge in [-0.15, -0.1) is 0 Å². The van der Waals surface area contributed by atoms with E-state index in [1.165, 1.54) is 17.5 Å². The molecule has 3 aromatic carbocycles. The Hall–Kier alpha value is -2.62. The van der Waals surface area contributed by atoms with Crippen LogP contribution >= 0.6 is 0 Å². The van der Waals surface area contributed by atoms with Gasteiger partial charge >= 0.3 is 0 Å². The molecule has 0 spiro atoms. The van der Waals surface area contributed by atoms with Gasteiger partial charge in [-0.05, 0) is 30.7 Å². The zero-order valence-electron chi connectivity index (χ0n) is 20.2. The molecule has 3 nitrogen and oxygen atoms in total. The van der Waals surface area contributed by atoms with E-state index >= 15 is 0 Å². The molecule has 0 aromatic heterocycles. The Bertz CT molecular complexity index is 1010. The number of likely N-dealkylation sites (tertiary alicyclic amines) is 1. The number of para-hydroxylation sites is 1. The molecule has 1 aliphatic rings. The zero-order chi connectivity index (χ0) is 23.3. The fourth-order valence-corrected chi connectivity index (χ4v) is 5.80. The van der Waals surface area contributed by atoms with Crippen LogP contribution in [-0.2, 0) is 5.60 Å². The van der Waals surface area contributed by atoms with Crippen molar-refractivity contribution in [3.63, 3.8) is 0 Å². The second-order valence-electron chi connectivity index (χ2n) is 9.38. The maximum absolute atomic E-state index is 12.7. The normalized spacial score (nSPS) is 25.6. The molecule has 1 aliphatic heterocycles. The lowest BCUT2D eigenvalue weighted by molar-refractivity contribution is -0.131. The molecule has 0 radical (unpaired) electrons. The summed E-state index contributed by atoms with van der Waals surface area (Å²) in [5.74, 6) is 0.816. The summed E-state index contributed by atoms with van der Waals surface area (Å²) in [6.45, 7) is 2.24. The topological polar surface area (TPSA) is 32.7 Å². The predicted octanol–water partition coefficient (Wildman–Crippen LogP) is 6.90. The van der Waals surface area contributed by atoms with E-state index in [4.69, 9.17) is 4.74 Å². The predicted molar refractivity (Wildman–Crippen MR) is 135 cm³/mol. The Labute approximate surface area is 199 Å². The van der Waals surface area contributed by atoms with Crippen molar-refractivity contribution in [2.24, 2.45) is 5.92 Å². The van der Waals surface area contributed by atoms with Crippen LogP contribution in [0, 0.1) is 5.92 Å². The summed E-state index contributed by atoms with van der Waals surface area (Å²) in [5.41, 5.74) is 2.40. The number of ether oxygens (including phenoxy) is 1. The van der Waals surface area contributed by atoms with Crippen LogP contribution in [0.25, 0.3) is 0 Å². The molecule has 1 N–H and O–H groups in total. The van der Waals surface area contributed by atoms with Gasteiger partial charge in [0.15, 0.2) is 0 Å². The third-order valence-corrected chi connectivity index (χ3v) is 7.45. The van der Waals surface area contributed by atoms with Gasteiger partial charge in [0.25, 0.3) is 0 Å². The van der Waals surface area contributed by atoms with E-state index in [0.29, 0.717) is 6.42 Å². The highest BCUT2D eigenvalue weighted by atomic mass is 16.5. The molecule has 1 saturated heterocycles. The lowest BCUT2D eigenvalue weighted by Crippen LogP contribution is -2.52. The Morgan fingerprint density at radius 3 is 2.12 bits per heavy atom. The van der Waals surface area contributed by atoms with Crippen LogP contribution in [0.4, 0.5) is 0 Å². The van der Waals surface area contributed by atoms with Crippen LogP contribution in [-0.4, -0.2) is 24.2 Å². The second kappa shape index (κ2) is 10.5. The Kier molecular flexibility index (Phi) is 7.52. The summed E-state index contributed by atoms with van der Waals surface area (Å²) in [6.07, 6.45) is 5.04. The number of nitrogens with zero attached hydrogens (tertiary/aromatic N) is 1. The molecule has 33 heavy (non-hydrogen) atoms. The van der Waals surface area contributed by atoms with E-state index in [1.54, 1.807) is 7.11 Å². The number of methoxy groups -OCH3 is 1. The first kappa shape index (κ1) is 23.5. The summed E-state index contributed by atoms with van der Waals surface area (Å²) >= 11 is 0. The number of hydrogen-bond acceptors (Lipinski definition) is 3. The smallest absolute Gasteiger partial charge is 0.124 e. The van der Waals surface area contributed by atoms with Crippen molar-refractivity contribution >= 4 is 0 Å². The molecule has 0 bridgehead atoms. The average molecular weight is 444 g/mol. The first-order valence-electron chi connectivity index (χ1n) is 12.3. The lowest BCUT2D eigenvalue weighted by atomic mass is 9.65. The van der Waals surface area contributed by atoms with E-state index in [1.807, 2.05) is 18.2 Å². The summed E-state index contributed by atoms with van der Waals surface area (Å²) in [4.78, 5) is 2.49. The minimum atomic E-state index is -1.01. The van der Waals surface area contributed by atoms with Gasteiger partial charge in [0.05, 0.1) is 12.7 Å². The Balaban J connectivity index is 1.88. The first-order chi connectivity index (χ1) is 16.1. The largest absolute Gasteiger partial charge is 0.496 e. The molecule has 4 rings (SSSR count). The van der Waals surface area contributed by atoms with Crippen LogP contribution in [0.1, 0.15) is 67.8 Å². The Morgan fingerprint density at radius 2 is 1.48 bits per heavy atom. The monoisotopic (exact) mass is 443 g/mol. The quantitative estimate of drug-likeness (QED) is 0.385. The van der Waals surface area contributed by atoms with Crippen molar-refractivity contribution in [1.29, 1.82) is 0 Å². The van der Waals surface area contributed by atoms with Gasteiger partial charge in [-0.3, -0.25) is 4.90 Å².